The first kappa shape index (κ1) is 57.3. The molecule has 6 aromatic rings. The fourth-order valence-corrected chi connectivity index (χ4v) is 16.6. The summed E-state index contributed by atoms with van der Waals surface area (Å²) in [4.78, 5) is 0. The molecule has 420 valence electrons. The highest BCUT2D eigenvalue weighted by atomic mass is 28.4. The molecule has 0 radical (unpaired) electrons. The van der Waals surface area contributed by atoms with Crippen molar-refractivity contribution < 1.29 is 61.3 Å². The third kappa shape index (κ3) is 12.6. The van der Waals surface area contributed by atoms with Crippen LogP contribution in [0.15, 0.2) is 182 Å². The van der Waals surface area contributed by atoms with E-state index in [2.05, 4.69) is 69.3 Å². The molecule has 4 aliphatic rings. The van der Waals surface area contributed by atoms with E-state index in [1.165, 1.54) is 0 Å². The Bertz CT molecular complexity index is 2700. The minimum atomic E-state index is -3.10. The van der Waals surface area contributed by atoms with Crippen molar-refractivity contribution in [3.63, 3.8) is 0 Å². The minimum absolute atomic E-state index is 0.129. The van der Waals surface area contributed by atoms with E-state index in [0.717, 1.165) is 45.5 Å². The first-order valence-corrected chi connectivity index (χ1v) is 29.8. The van der Waals surface area contributed by atoms with E-state index in [4.69, 9.17) is 61.3 Å². The van der Waals surface area contributed by atoms with Gasteiger partial charge >= 0.3 is 0 Å². The highest BCUT2D eigenvalue weighted by molar-refractivity contribution is 6.99. The third-order valence-electron chi connectivity index (χ3n) is 16.0. The summed E-state index contributed by atoms with van der Waals surface area (Å²) in [5, 5.41) is 1.95. The van der Waals surface area contributed by atoms with Gasteiger partial charge in [0.2, 0.25) is 11.6 Å². The quantitative estimate of drug-likeness (QED) is 0.0567. The Morgan fingerprint density at radius 1 is 0.456 bits per heavy atom. The second-order valence-electron chi connectivity index (χ2n) is 22.0. The van der Waals surface area contributed by atoms with Crippen molar-refractivity contribution in [3.8, 4) is 0 Å². The molecular formula is C65H78O13Si. The van der Waals surface area contributed by atoms with Crippen LogP contribution in [-0.4, -0.2) is 116 Å². The van der Waals surface area contributed by atoms with Gasteiger partial charge in [-0.05, 0) is 50.5 Å². The third-order valence-corrected chi connectivity index (χ3v) is 21.0. The lowest BCUT2D eigenvalue weighted by molar-refractivity contribution is -0.502. The van der Waals surface area contributed by atoms with Crippen LogP contribution in [-0.2, 0) is 87.7 Å². The summed E-state index contributed by atoms with van der Waals surface area (Å²) in [6, 6.07) is 61.4. The molecule has 0 aromatic heterocycles. The van der Waals surface area contributed by atoms with Gasteiger partial charge in [0, 0.05) is 34.2 Å². The van der Waals surface area contributed by atoms with Crippen molar-refractivity contribution in [1.82, 2.24) is 0 Å². The van der Waals surface area contributed by atoms with Crippen LogP contribution >= 0.6 is 0 Å². The Morgan fingerprint density at radius 2 is 0.873 bits per heavy atom. The van der Waals surface area contributed by atoms with Crippen molar-refractivity contribution in [2.24, 2.45) is 0 Å². The lowest BCUT2D eigenvalue weighted by Crippen LogP contribution is -2.76. The monoisotopic (exact) mass is 1090 g/mol. The zero-order valence-electron chi connectivity index (χ0n) is 46.5. The molecule has 3 aliphatic heterocycles. The van der Waals surface area contributed by atoms with Gasteiger partial charge < -0.3 is 61.3 Å². The topological polar surface area (TPSA) is 120 Å². The number of hydrogen-bond donors (Lipinski definition) is 0. The molecule has 0 amide bonds. The molecule has 3 heterocycles. The molecular weight excluding hydrogens is 1020 g/mol. The van der Waals surface area contributed by atoms with Crippen molar-refractivity contribution in [2.75, 3.05) is 34.5 Å². The summed E-state index contributed by atoms with van der Waals surface area (Å²) in [6.07, 6.45) is -5.99. The Labute approximate surface area is 467 Å². The van der Waals surface area contributed by atoms with Crippen molar-refractivity contribution in [1.29, 1.82) is 0 Å². The molecule has 0 N–H and O–H groups in total. The van der Waals surface area contributed by atoms with Crippen molar-refractivity contribution >= 4 is 18.7 Å². The summed E-state index contributed by atoms with van der Waals surface area (Å²) >= 11 is 0. The summed E-state index contributed by atoms with van der Waals surface area (Å²) < 4.78 is 91.6. The molecule has 0 bridgehead atoms. The molecule has 79 heavy (non-hydrogen) atoms. The second kappa shape index (κ2) is 26.3. The number of fused-ring (bicyclic) bond motifs is 2. The summed E-state index contributed by atoms with van der Waals surface area (Å²) in [7, 11) is 1.82. The van der Waals surface area contributed by atoms with Gasteiger partial charge in [0.15, 0.2) is 12.6 Å². The Balaban J connectivity index is 1.04. The standard InChI is InChI=1S/C65H78O13Si/c1-63(2,3)79(51-35-21-11-22-36-51,52-37-23-12-24-38-52)73-46-54-56-58(78-65(68-6)40-26-25-39-64(65,67-5)77-56)60(61(66-4)74-54)76-62-59(72-44-50-33-19-10-20-34-50)57(71-43-49-31-17-9-18-32-49)55(70-42-48-29-15-8-16-30-48)53(75-62)45-69-41-47-27-13-7-14-28-47/h7-24,27-38,53-62H,25-26,39-46H2,1-6H3/t53-,54-,55-,56-,57+,58+,59+,60+,61+,62-,64+,65+/m1/s1. The van der Waals surface area contributed by atoms with Gasteiger partial charge in [0.05, 0.1) is 39.6 Å². The van der Waals surface area contributed by atoms with Crippen LogP contribution in [0.3, 0.4) is 0 Å². The van der Waals surface area contributed by atoms with Gasteiger partial charge in [0.25, 0.3) is 8.32 Å². The zero-order chi connectivity index (χ0) is 54.7. The van der Waals surface area contributed by atoms with Gasteiger partial charge in [-0.3, -0.25) is 0 Å². The van der Waals surface area contributed by atoms with Crippen LogP contribution in [0.1, 0.15) is 68.7 Å². The molecule has 10 rings (SSSR count). The smallest absolute Gasteiger partial charge is 0.261 e. The molecule has 6 aromatic carbocycles. The van der Waals surface area contributed by atoms with E-state index >= 15 is 0 Å². The Hall–Kier alpha value is -4.98. The van der Waals surface area contributed by atoms with E-state index in [0.29, 0.717) is 19.4 Å². The van der Waals surface area contributed by atoms with Gasteiger partial charge in [0.1, 0.15) is 48.8 Å². The number of benzene rings is 6. The molecule has 12 atom stereocenters. The van der Waals surface area contributed by atoms with Crippen molar-refractivity contribution in [3.05, 3.63) is 204 Å². The van der Waals surface area contributed by atoms with E-state index < -0.39 is 81.3 Å². The van der Waals surface area contributed by atoms with Gasteiger partial charge in [-0.1, -0.05) is 203 Å². The number of methoxy groups -OCH3 is 3. The van der Waals surface area contributed by atoms with E-state index in [9.17, 15) is 0 Å². The molecule has 1 saturated carbocycles. The largest absolute Gasteiger partial charge is 0.405 e. The van der Waals surface area contributed by atoms with Crippen LogP contribution in [0.5, 0.6) is 0 Å². The number of ether oxygens (including phenoxy) is 12. The predicted molar refractivity (Wildman–Crippen MR) is 302 cm³/mol. The van der Waals surface area contributed by atoms with Crippen molar-refractivity contribution in [2.45, 2.75) is 151 Å². The lowest BCUT2D eigenvalue weighted by Gasteiger charge is -2.61. The maximum atomic E-state index is 7.63. The summed E-state index contributed by atoms with van der Waals surface area (Å²) in [5.74, 6) is -2.60. The van der Waals surface area contributed by atoms with Crippen LogP contribution in [0, 0.1) is 0 Å². The maximum absolute atomic E-state index is 7.63. The highest BCUT2D eigenvalue weighted by Gasteiger charge is 2.68. The number of hydrogen-bond acceptors (Lipinski definition) is 13. The Morgan fingerprint density at radius 3 is 1.33 bits per heavy atom. The van der Waals surface area contributed by atoms with E-state index in [-0.39, 0.29) is 38.1 Å². The molecule has 14 heteroatoms. The fraction of sp³-hybridized carbons (Fsp3) is 0.446. The molecule has 0 unspecified atom stereocenters. The van der Waals surface area contributed by atoms with E-state index in [1.54, 1.807) is 21.3 Å². The van der Waals surface area contributed by atoms with Crippen LogP contribution < -0.4 is 10.4 Å². The molecule has 3 saturated heterocycles. The summed E-state index contributed by atoms with van der Waals surface area (Å²) in [6.45, 7) is 8.13. The molecule has 1 aliphatic carbocycles. The van der Waals surface area contributed by atoms with E-state index in [1.807, 2.05) is 133 Å². The van der Waals surface area contributed by atoms with Crippen LogP contribution in [0.25, 0.3) is 0 Å². The summed E-state index contributed by atoms with van der Waals surface area (Å²) in [5.41, 5.74) is 3.95. The average molecular weight is 1100 g/mol. The minimum Gasteiger partial charge on any atom is -0.405 e. The SMILES string of the molecule is CO[C@H]1O[C@H](CO[Si](c2ccccc2)(c2ccccc2)C(C)(C)C)[C@H]2O[C@@]3(OC)CCCC[C@]3(OC)O[C@@H]2[C@@H]1O[C@H]1O[C@H](COCc2ccccc2)[C@@H](OCc2ccccc2)[C@H](OCc2ccccc2)[C@@H]1OCc1ccccc1. The van der Waals surface area contributed by atoms with Gasteiger partial charge in [-0.25, -0.2) is 0 Å². The zero-order valence-corrected chi connectivity index (χ0v) is 47.5. The second-order valence-corrected chi connectivity index (χ2v) is 26.3. The average Bonchev–Trinajstić information content (AvgIpc) is 3.59. The number of rotatable bonds is 23. The Kier molecular flexibility index (Phi) is 19.1. The molecule has 0 spiro atoms. The molecule has 13 nitrogen and oxygen atoms in total. The maximum Gasteiger partial charge on any atom is 0.261 e. The van der Waals surface area contributed by atoms with Gasteiger partial charge in [-0.15, -0.1) is 0 Å². The fourth-order valence-electron chi connectivity index (χ4n) is 12.0. The predicted octanol–water partition coefficient (Wildman–Crippen LogP) is 10.1. The first-order valence-electron chi connectivity index (χ1n) is 27.9. The normalized spacial score (nSPS) is 29.1. The van der Waals surface area contributed by atoms with Crippen LogP contribution in [0.2, 0.25) is 5.04 Å². The lowest BCUT2D eigenvalue weighted by atomic mass is 9.83. The van der Waals surface area contributed by atoms with Gasteiger partial charge in [-0.2, -0.15) is 0 Å². The van der Waals surface area contributed by atoms with Crippen LogP contribution in [0.4, 0.5) is 0 Å². The first-order chi connectivity index (χ1) is 38.6. The molecule has 4 fully saturated rings. The highest BCUT2D eigenvalue weighted by Crippen LogP contribution is 2.52.